The monoisotopic (exact) mass is 342 g/mol. The normalized spacial score (nSPS) is 15.7. The molecule has 0 unspecified atom stereocenters. The van der Waals surface area contributed by atoms with Gasteiger partial charge in [0.1, 0.15) is 5.82 Å². The Morgan fingerprint density at radius 3 is 2.52 bits per heavy atom. The number of nitrogens with one attached hydrogen (secondary N) is 1. The van der Waals surface area contributed by atoms with E-state index in [-0.39, 0.29) is 5.82 Å². The molecule has 1 N–H and O–H groups in total. The van der Waals surface area contributed by atoms with Gasteiger partial charge in [-0.15, -0.1) is 0 Å². The summed E-state index contributed by atoms with van der Waals surface area (Å²) in [5, 5.41) is 0.736. The van der Waals surface area contributed by atoms with E-state index >= 15 is 0 Å². The summed E-state index contributed by atoms with van der Waals surface area (Å²) in [5.74, 6) is -1.92. The van der Waals surface area contributed by atoms with Crippen molar-refractivity contribution >= 4 is 16.6 Å². The van der Waals surface area contributed by atoms with E-state index in [0.717, 1.165) is 53.6 Å². The molecular formula is C20H17F3N2. The van der Waals surface area contributed by atoms with Gasteiger partial charge in [-0.25, -0.2) is 13.2 Å². The number of nitrogens with zero attached hydrogens (tertiary/aromatic N) is 1. The molecule has 1 aromatic heterocycles. The zero-order chi connectivity index (χ0) is 17.4. The van der Waals surface area contributed by atoms with Crippen molar-refractivity contribution < 1.29 is 13.2 Å². The predicted molar refractivity (Wildman–Crippen MR) is 92.7 cm³/mol. The Balaban J connectivity index is 1.61. The van der Waals surface area contributed by atoms with Crippen LogP contribution in [-0.2, 0) is 12.8 Å². The van der Waals surface area contributed by atoms with Gasteiger partial charge in [0.2, 0.25) is 0 Å². The number of aromatic nitrogens is 1. The van der Waals surface area contributed by atoms with Gasteiger partial charge >= 0.3 is 0 Å². The number of hydrogen-bond donors (Lipinski definition) is 1. The topological polar surface area (TPSA) is 28.1 Å². The zero-order valence-electron chi connectivity index (χ0n) is 13.6. The van der Waals surface area contributed by atoms with E-state index in [2.05, 4.69) is 9.98 Å². The Morgan fingerprint density at radius 2 is 1.72 bits per heavy atom. The van der Waals surface area contributed by atoms with E-state index in [1.165, 1.54) is 24.3 Å². The van der Waals surface area contributed by atoms with Crippen LogP contribution in [-0.4, -0.2) is 17.2 Å². The smallest absolute Gasteiger partial charge is 0.160 e. The van der Waals surface area contributed by atoms with Crippen LogP contribution < -0.4 is 0 Å². The minimum atomic E-state index is -0.846. The molecule has 128 valence electrons. The number of halogens is 3. The standard InChI is InChI=1S/C20H17F3N2/c21-13-6-4-12(5-7-13)8-9-24-18-3-1-2-14-15-10-16(22)17(23)11-19(15)25-20(14)18/h4-7,10-11,25H,1-3,8-9H2/b24-18+. The second-order valence-electron chi connectivity index (χ2n) is 6.35. The molecule has 4 rings (SSSR count). The molecule has 25 heavy (non-hydrogen) atoms. The second-order valence-corrected chi connectivity index (χ2v) is 6.35. The number of rotatable bonds is 3. The Bertz CT molecular complexity index is 955. The molecule has 0 saturated heterocycles. The Kier molecular flexibility index (Phi) is 4.07. The summed E-state index contributed by atoms with van der Waals surface area (Å²) < 4.78 is 40.0. The molecular weight excluding hydrogens is 325 g/mol. The Morgan fingerprint density at radius 1 is 0.960 bits per heavy atom. The molecule has 0 saturated carbocycles. The SMILES string of the molecule is Fc1ccc(CC/N=C2\CCCc3c2[nH]c2cc(F)c(F)cc32)cc1. The van der Waals surface area contributed by atoms with E-state index in [1.807, 2.05) is 0 Å². The van der Waals surface area contributed by atoms with Crippen LogP contribution in [0.15, 0.2) is 41.4 Å². The van der Waals surface area contributed by atoms with Crippen molar-refractivity contribution in [1.82, 2.24) is 4.98 Å². The van der Waals surface area contributed by atoms with Crippen molar-refractivity contribution in [3.05, 3.63) is 70.7 Å². The van der Waals surface area contributed by atoms with Gasteiger partial charge in [0.15, 0.2) is 11.6 Å². The number of H-pyrrole nitrogens is 1. The molecule has 0 aliphatic heterocycles. The lowest BCUT2D eigenvalue weighted by molar-refractivity contribution is 0.511. The lowest BCUT2D eigenvalue weighted by atomic mass is 9.94. The first-order chi connectivity index (χ1) is 12.1. The number of hydrogen-bond acceptors (Lipinski definition) is 1. The minimum absolute atomic E-state index is 0.246. The molecule has 0 atom stereocenters. The third kappa shape index (κ3) is 3.06. The van der Waals surface area contributed by atoms with Crippen molar-refractivity contribution in [3.8, 4) is 0 Å². The molecule has 5 heteroatoms. The van der Waals surface area contributed by atoms with Gasteiger partial charge in [0.25, 0.3) is 0 Å². The molecule has 2 aromatic carbocycles. The molecule has 0 bridgehead atoms. The van der Waals surface area contributed by atoms with Gasteiger partial charge in [-0.1, -0.05) is 12.1 Å². The maximum absolute atomic E-state index is 13.6. The molecule has 1 aliphatic rings. The van der Waals surface area contributed by atoms with Gasteiger partial charge < -0.3 is 4.98 Å². The van der Waals surface area contributed by atoms with Crippen LogP contribution in [0.4, 0.5) is 13.2 Å². The molecule has 3 aromatic rings. The summed E-state index contributed by atoms with van der Waals surface area (Å²) >= 11 is 0. The Labute approximate surface area is 143 Å². The minimum Gasteiger partial charge on any atom is -0.353 e. The largest absolute Gasteiger partial charge is 0.353 e. The van der Waals surface area contributed by atoms with Crippen LogP contribution in [0, 0.1) is 17.5 Å². The average molecular weight is 342 g/mol. The van der Waals surface area contributed by atoms with E-state index in [9.17, 15) is 13.2 Å². The van der Waals surface area contributed by atoms with Gasteiger partial charge in [0.05, 0.1) is 11.4 Å². The van der Waals surface area contributed by atoms with E-state index in [4.69, 9.17) is 0 Å². The van der Waals surface area contributed by atoms with Crippen LogP contribution in [0.25, 0.3) is 10.9 Å². The highest BCUT2D eigenvalue weighted by Crippen LogP contribution is 2.30. The fraction of sp³-hybridized carbons (Fsp3) is 0.250. The number of aliphatic imine (C=N–C) groups is 1. The first kappa shape index (κ1) is 15.9. The molecule has 0 spiro atoms. The first-order valence-electron chi connectivity index (χ1n) is 8.39. The van der Waals surface area contributed by atoms with Crippen molar-refractivity contribution in [1.29, 1.82) is 0 Å². The van der Waals surface area contributed by atoms with Gasteiger partial charge in [0, 0.05) is 23.5 Å². The Hall–Kier alpha value is -2.56. The summed E-state index contributed by atoms with van der Waals surface area (Å²) in [6.07, 6.45) is 3.34. The lowest BCUT2D eigenvalue weighted by Gasteiger charge is -2.14. The molecule has 0 fully saturated rings. The molecule has 2 nitrogen and oxygen atoms in total. The highest BCUT2D eigenvalue weighted by Gasteiger charge is 2.21. The summed E-state index contributed by atoms with van der Waals surface area (Å²) in [6.45, 7) is 0.596. The summed E-state index contributed by atoms with van der Waals surface area (Å²) in [5.41, 5.74) is 4.49. The molecule has 0 amide bonds. The van der Waals surface area contributed by atoms with Crippen LogP contribution in [0.1, 0.15) is 29.7 Å². The van der Waals surface area contributed by atoms with Crippen LogP contribution in [0.5, 0.6) is 0 Å². The van der Waals surface area contributed by atoms with Crippen molar-refractivity contribution in [3.63, 3.8) is 0 Å². The quantitative estimate of drug-likeness (QED) is 0.697. The lowest BCUT2D eigenvalue weighted by Crippen LogP contribution is -2.12. The summed E-state index contributed by atoms with van der Waals surface area (Å²) in [7, 11) is 0. The van der Waals surface area contributed by atoms with Gasteiger partial charge in [-0.3, -0.25) is 4.99 Å². The highest BCUT2D eigenvalue weighted by atomic mass is 19.2. The number of aromatic amines is 1. The predicted octanol–water partition coefficient (Wildman–Crippen LogP) is 4.95. The van der Waals surface area contributed by atoms with Crippen LogP contribution >= 0.6 is 0 Å². The number of benzene rings is 2. The average Bonchev–Trinajstić information content (AvgIpc) is 2.95. The van der Waals surface area contributed by atoms with Crippen LogP contribution in [0.2, 0.25) is 0 Å². The maximum atomic E-state index is 13.6. The van der Waals surface area contributed by atoms with Gasteiger partial charge in [-0.2, -0.15) is 0 Å². The van der Waals surface area contributed by atoms with Gasteiger partial charge in [-0.05, 0) is 55.0 Å². The highest BCUT2D eigenvalue weighted by molar-refractivity contribution is 6.06. The third-order valence-corrected chi connectivity index (χ3v) is 4.69. The molecule has 1 aliphatic carbocycles. The number of aryl methyl sites for hydroxylation is 1. The molecule has 1 heterocycles. The van der Waals surface area contributed by atoms with E-state index in [0.29, 0.717) is 12.1 Å². The third-order valence-electron chi connectivity index (χ3n) is 4.69. The van der Waals surface area contributed by atoms with Crippen molar-refractivity contribution in [2.75, 3.05) is 6.54 Å². The van der Waals surface area contributed by atoms with Crippen molar-refractivity contribution in [2.45, 2.75) is 25.7 Å². The fourth-order valence-electron chi connectivity index (χ4n) is 3.44. The summed E-state index contributed by atoms with van der Waals surface area (Å²) in [6, 6.07) is 8.89. The zero-order valence-corrected chi connectivity index (χ0v) is 13.6. The fourth-order valence-corrected chi connectivity index (χ4v) is 3.44. The van der Waals surface area contributed by atoms with Crippen molar-refractivity contribution in [2.24, 2.45) is 4.99 Å². The molecule has 0 radical (unpaired) electrons. The van der Waals surface area contributed by atoms with Crippen LogP contribution in [0.3, 0.4) is 0 Å². The maximum Gasteiger partial charge on any atom is 0.160 e. The first-order valence-corrected chi connectivity index (χ1v) is 8.39. The summed E-state index contributed by atoms with van der Waals surface area (Å²) in [4.78, 5) is 7.89. The van der Waals surface area contributed by atoms with E-state index in [1.54, 1.807) is 12.1 Å². The van der Waals surface area contributed by atoms with E-state index < -0.39 is 11.6 Å². The second kappa shape index (κ2) is 6.39. The number of fused-ring (bicyclic) bond motifs is 3.